The summed E-state index contributed by atoms with van der Waals surface area (Å²) in [5, 5.41) is 2.89. The topological polar surface area (TPSA) is 63.6 Å². The van der Waals surface area contributed by atoms with Crippen LogP contribution in [0.15, 0.2) is 41.0 Å². The summed E-state index contributed by atoms with van der Waals surface area (Å²) >= 11 is 0. The molecule has 0 saturated heterocycles. The highest BCUT2D eigenvalue weighted by atomic mass is 16.6. The molecule has 0 unspecified atom stereocenters. The summed E-state index contributed by atoms with van der Waals surface area (Å²) in [5.41, 5.74) is 3.20. The third kappa shape index (κ3) is 6.59. The number of ether oxygens (including phenoxy) is 1. The molecule has 1 heterocycles. The van der Waals surface area contributed by atoms with Crippen LogP contribution in [0.4, 0.5) is 4.79 Å². The van der Waals surface area contributed by atoms with Gasteiger partial charge in [0, 0.05) is 25.4 Å². The van der Waals surface area contributed by atoms with E-state index in [2.05, 4.69) is 56.0 Å². The second-order valence-electron chi connectivity index (χ2n) is 14.8. The number of rotatable bonds is 10. The number of carbonyl (C=O) groups excluding carboxylic acids is 1. The van der Waals surface area contributed by atoms with Crippen LogP contribution in [-0.2, 0) is 4.74 Å². The number of aliphatic imine (C=N–C) groups is 1. The molecule has 8 atom stereocenters. The van der Waals surface area contributed by atoms with Crippen molar-refractivity contribution in [3.63, 3.8) is 0 Å². The molecule has 3 fully saturated rings. The highest BCUT2D eigenvalue weighted by Gasteiger charge is 2.59. The molecule has 1 aromatic rings. The number of carbonyl (C=O) groups is 1. The predicted octanol–water partition coefficient (Wildman–Crippen LogP) is 8.64. The molecule has 0 aromatic carbocycles. The van der Waals surface area contributed by atoms with E-state index >= 15 is 0 Å². The number of nitrogens with one attached hydrogen (secondary N) is 1. The van der Waals surface area contributed by atoms with Crippen molar-refractivity contribution in [1.82, 2.24) is 10.3 Å². The van der Waals surface area contributed by atoms with Crippen molar-refractivity contribution in [1.29, 1.82) is 0 Å². The number of hydrogen-bond acceptors (Lipinski definition) is 4. The summed E-state index contributed by atoms with van der Waals surface area (Å²) in [5.74, 6) is 5.10. The number of nitrogens with zero attached hydrogens (tertiary/aromatic N) is 2. The number of allylic oxidation sites excluding steroid dienone is 1. The minimum absolute atomic E-state index is 0.0145. The molecule has 5 nitrogen and oxygen atoms in total. The Bertz CT molecular complexity index is 1080. The number of fused-ring (bicyclic) bond motifs is 5. The van der Waals surface area contributed by atoms with Crippen LogP contribution in [0.2, 0.25) is 0 Å². The molecule has 1 aromatic heterocycles. The number of aromatic nitrogens is 1. The average Bonchev–Trinajstić information content (AvgIpc) is 3.31. The van der Waals surface area contributed by atoms with E-state index in [0.717, 1.165) is 60.5 Å². The fourth-order valence-corrected chi connectivity index (χ4v) is 9.78. The van der Waals surface area contributed by atoms with Crippen molar-refractivity contribution in [2.75, 3.05) is 13.1 Å². The van der Waals surface area contributed by atoms with Crippen LogP contribution in [-0.4, -0.2) is 36.5 Å². The van der Waals surface area contributed by atoms with E-state index in [1.807, 2.05) is 18.2 Å². The summed E-state index contributed by atoms with van der Waals surface area (Å²) in [7, 11) is 0. The van der Waals surface area contributed by atoms with Crippen molar-refractivity contribution in [2.45, 2.75) is 111 Å². The fraction of sp³-hybridized carbons (Fsp3) is 0.750. The molecule has 0 bridgehead atoms. The van der Waals surface area contributed by atoms with Gasteiger partial charge in [-0.1, -0.05) is 71.6 Å². The first kappa shape index (κ1) is 30.3. The third-order valence-electron chi connectivity index (χ3n) is 12.0. The lowest BCUT2D eigenvalue weighted by Crippen LogP contribution is -2.51. The lowest BCUT2D eigenvalue weighted by Gasteiger charge is -2.58. The van der Waals surface area contributed by atoms with Crippen molar-refractivity contribution in [3.8, 4) is 0 Å². The number of pyridine rings is 1. The standard InChI is InChI=1S/C36H55N3O2/c1-25(2)9-8-10-26(3)31-14-15-32-30-13-12-27-23-29(16-18-35(27,4)33(30)17-19-36(31,32)5)41-34(40)39-22-21-37-24-28-11-6-7-20-38-28/h6-7,11-12,20,24-26,29-33H,8-10,13-19,21-23H2,1-5H3,(H,39,40)/t26-,29+,30+,31-,32+,33+,35+,36-/m1/s1. The van der Waals surface area contributed by atoms with E-state index < -0.39 is 0 Å². The van der Waals surface area contributed by atoms with E-state index in [4.69, 9.17) is 4.74 Å². The maximum absolute atomic E-state index is 12.5. The van der Waals surface area contributed by atoms with Crippen molar-refractivity contribution < 1.29 is 9.53 Å². The van der Waals surface area contributed by atoms with E-state index in [1.54, 1.807) is 18.0 Å². The molecule has 41 heavy (non-hydrogen) atoms. The van der Waals surface area contributed by atoms with E-state index in [0.29, 0.717) is 18.5 Å². The average molecular weight is 562 g/mol. The molecule has 0 radical (unpaired) electrons. The van der Waals surface area contributed by atoms with Crippen LogP contribution in [0.3, 0.4) is 0 Å². The molecule has 1 N–H and O–H groups in total. The molecule has 4 aliphatic carbocycles. The molecule has 5 heteroatoms. The quantitative estimate of drug-likeness (QED) is 0.177. The maximum Gasteiger partial charge on any atom is 0.407 e. The van der Waals surface area contributed by atoms with Gasteiger partial charge in [-0.3, -0.25) is 9.98 Å². The highest BCUT2D eigenvalue weighted by molar-refractivity contribution is 5.76. The zero-order chi connectivity index (χ0) is 29.0. The van der Waals surface area contributed by atoms with Crippen LogP contribution < -0.4 is 5.32 Å². The molecule has 4 aliphatic rings. The largest absolute Gasteiger partial charge is 0.446 e. The van der Waals surface area contributed by atoms with E-state index in [-0.39, 0.29) is 17.6 Å². The second kappa shape index (κ2) is 13.0. The van der Waals surface area contributed by atoms with Crippen LogP contribution >= 0.6 is 0 Å². The first-order chi connectivity index (χ1) is 19.7. The van der Waals surface area contributed by atoms with Crippen LogP contribution in [0.25, 0.3) is 0 Å². The van der Waals surface area contributed by atoms with Crippen molar-refractivity contribution in [2.24, 2.45) is 51.3 Å². The second-order valence-corrected chi connectivity index (χ2v) is 14.8. The highest BCUT2D eigenvalue weighted by Crippen LogP contribution is 2.67. The van der Waals surface area contributed by atoms with Gasteiger partial charge in [-0.25, -0.2) is 4.79 Å². The monoisotopic (exact) mass is 561 g/mol. The van der Waals surface area contributed by atoms with Gasteiger partial charge in [0.2, 0.25) is 0 Å². The first-order valence-corrected chi connectivity index (χ1v) is 16.8. The molecular weight excluding hydrogens is 506 g/mol. The molecule has 5 rings (SSSR count). The molecule has 1 amide bonds. The zero-order valence-corrected chi connectivity index (χ0v) is 26.4. The molecule has 226 valence electrons. The summed E-state index contributed by atoms with van der Waals surface area (Å²) in [6.45, 7) is 13.5. The van der Waals surface area contributed by atoms with Gasteiger partial charge in [0.05, 0.1) is 12.2 Å². The Morgan fingerprint density at radius 3 is 2.76 bits per heavy atom. The number of hydrogen-bond donors (Lipinski definition) is 1. The van der Waals surface area contributed by atoms with Gasteiger partial charge in [-0.05, 0) is 103 Å². The summed E-state index contributed by atoms with van der Waals surface area (Å²) < 4.78 is 5.90. The first-order valence-electron chi connectivity index (χ1n) is 16.8. The zero-order valence-electron chi connectivity index (χ0n) is 26.4. The lowest BCUT2D eigenvalue weighted by atomic mass is 9.47. The minimum Gasteiger partial charge on any atom is -0.446 e. The predicted molar refractivity (Wildman–Crippen MR) is 168 cm³/mol. The van der Waals surface area contributed by atoms with Gasteiger partial charge < -0.3 is 10.1 Å². The Hall–Kier alpha value is -2.17. The third-order valence-corrected chi connectivity index (χ3v) is 12.0. The Labute approximate surface area is 249 Å². The molecular formula is C36H55N3O2. The van der Waals surface area contributed by atoms with Crippen molar-refractivity contribution >= 4 is 12.3 Å². The minimum atomic E-state index is -0.311. The number of amides is 1. The molecule has 0 spiro atoms. The Morgan fingerprint density at radius 2 is 1.98 bits per heavy atom. The smallest absolute Gasteiger partial charge is 0.407 e. The van der Waals surface area contributed by atoms with Gasteiger partial charge in [0.15, 0.2) is 0 Å². The van der Waals surface area contributed by atoms with E-state index in [1.165, 1.54) is 51.4 Å². The SMILES string of the molecule is CC(C)CCC[C@@H](C)[C@H]1CC[C@H]2[C@@H]3CC=C4C[C@@H](OC(=O)NCCN=Cc5ccccn5)CC[C@]4(C)[C@H]3CC[C@]12C. The Balaban J connectivity index is 1.13. The molecule has 3 saturated carbocycles. The van der Waals surface area contributed by atoms with Gasteiger partial charge in [0.25, 0.3) is 0 Å². The van der Waals surface area contributed by atoms with Crippen LogP contribution in [0.5, 0.6) is 0 Å². The van der Waals surface area contributed by atoms with E-state index in [9.17, 15) is 4.79 Å². The van der Waals surface area contributed by atoms with Gasteiger partial charge in [-0.2, -0.15) is 0 Å². The van der Waals surface area contributed by atoms with Crippen LogP contribution in [0, 0.1) is 46.3 Å². The summed E-state index contributed by atoms with van der Waals surface area (Å²) in [6, 6.07) is 5.74. The fourth-order valence-electron chi connectivity index (χ4n) is 9.78. The Kier molecular flexibility index (Phi) is 9.60. The number of alkyl carbamates (subject to hydrolysis) is 1. The van der Waals surface area contributed by atoms with Gasteiger partial charge in [-0.15, -0.1) is 0 Å². The normalized spacial score (nSPS) is 35.4. The molecule has 0 aliphatic heterocycles. The Morgan fingerprint density at radius 1 is 1.12 bits per heavy atom. The maximum atomic E-state index is 12.5. The van der Waals surface area contributed by atoms with Gasteiger partial charge >= 0.3 is 6.09 Å². The lowest BCUT2D eigenvalue weighted by molar-refractivity contribution is -0.0581. The van der Waals surface area contributed by atoms with Gasteiger partial charge in [0.1, 0.15) is 6.10 Å². The summed E-state index contributed by atoms with van der Waals surface area (Å²) in [6.07, 6.45) is 19.9. The van der Waals surface area contributed by atoms with Crippen LogP contribution in [0.1, 0.15) is 111 Å². The van der Waals surface area contributed by atoms with Crippen molar-refractivity contribution in [3.05, 3.63) is 41.7 Å². The summed E-state index contributed by atoms with van der Waals surface area (Å²) in [4.78, 5) is 21.1.